The Balaban J connectivity index is 4.79. The van der Waals surface area contributed by atoms with Gasteiger partial charge in [0.25, 0.3) is 0 Å². The highest BCUT2D eigenvalue weighted by Gasteiger charge is 2.23. The molecule has 0 heterocycles. The largest absolute Gasteiger partial charge is 0.458 e. The smallest absolute Gasteiger partial charge is 0.306 e. The first-order valence-corrected chi connectivity index (χ1v) is 25.3. The van der Waals surface area contributed by atoms with Crippen LogP contribution in [0.1, 0.15) is 226 Å². The third-order valence-electron chi connectivity index (χ3n) is 11.0. The summed E-state index contributed by atoms with van der Waals surface area (Å²) in [5.74, 6) is -0.639. The Hall–Kier alpha value is -2.96. The molecule has 350 valence electrons. The summed E-state index contributed by atoms with van der Waals surface area (Å²) < 4.78 is 5.82. The van der Waals surface area contributed by atoms with E-state index < -0.39 is 18.2 Å². The Morgan fingerprint density at radius 1 is 0.508 bits per heavy atom. The average Bonchev–Trinajstić information content (AvgIpc) is 3.25. The first-order chi connectivity index (χ1) is 30.0. The summed E-state index contributed by atoms with van der Waals surface area (Å²) in [5, 5.41) is 23.6. The number of allylic oxidation sites excluding steroid dienone is 13. The third kappa shape index (κ3) is 43.5. The number of carbonyl (C=O) groups is 2. The van der Waals surface area contributed by atoms with Gasteiger partial charge in [-0.2, -0.15) is 0 Å². The normalized spacial score (nSPS) is 14.0. The molecular formula is C55H95NO5. The van der Waals surface area contributed by atoms with Crippen molar-refractivity contribution in [2.24, 2.45) is 0 Å². The van der Waals surface area contributed by atoms with Crippen LogP contribution in [0, 0.1) is 0 Å². The van der Waals surface area contributed by atoms with E-state index in [0.717, 1.165) is 70.6 Å². The molecule has 0 rings (SSSR count). The fraction of sp³-hybridized carbons (Fsp3) is 0.709. The van der Waals surface area contributed by atoms with Gasteiger partial charge in [0.15, 0.2) is 0 Å². The van der Waals surface area contributed by atoms with Gasteiger partial charge in [-0.3, -0.25) is 9.59 Å². The van der Waals surface area contributed by atoms with Gasteiger partial charge in [0, 0.05) is 6.42 Å². The van der Waals surface area contributed by atoms with Crippen LogP contribution in [0.25, 0.3) is 0 Å². The first kappa shape index (κ1) is 58.0. The third-order valence-corrected chi connectivity index (χ3v) is 11.0. The lowest BCUT2D eigenvalue weighted by Crippen LogP contribution is -2.46. The molecule has 0 radical (unpaired) electrons. The van der Waals surface area contributed by atoms with Crippen LogP contribution in [0.15, 0.2) is 85.1 Å². The van der Waals surface area contributed by atoms with Gasteiger partial charge in [-0.15, -0.1) is 0 Å². The Morgan fingerprint density at radius 2 is 0.918 bits per heavy atom. The van der Waals surface area contributed by atoms with E-state index >= 15 is 0 Å². The zero-order chi connectivity index (χ0) is 44.5. The number of hydrogen-bond donors (Lipinski definition) is 3. The van der Waals surface area contributed by atoms with Crippen molar-refractivity contribution in [3.8, 4) is 0 Å². The van der Waals surface area contributed by atoms with Crippen LogP contribution < -0.4 is 5.32 Å². The number of aliphatic hydroxyl groups is 2. The Bertz CT molecular complexity index is 1180. The lowest BCUT2D eigenvalue weighted by atomic mass is 10.0. The van der Waals surface area contributed by atoms with E-state index in [0.29, 0.717) is 19.3 Å². The number of esters is 1. The summed E-state index contributed by atoms with van der Waals surface area (Å²) in [5.41, 5.74) is 0. The van der Waals surface area contributed by atoms with Gasteiger partial charge in [0.05, 0.1) is 25.2 Å². The zero-order valence-corrected chi connectivity index (χ0v) is 39.8. The minimum Gasteiger partial charge on any atom is -0.458 e. The molecule has 0 saturated heterocycles. The molecule has 0 aliphatic heterocycles. The molecular weight excluding hydrogens is 755 g/mol. The SMILES string of the molecule is CC/C=C\C/C=C\C/C=C\C/C=C\C/C=C\C/C=C\C(CC(=O)NC(CO)C(O)CCCCCCCCCCCC)OC(=O)CCCCCCCCC/C=C\CCCCCC. The molecule has 0 fully saturated rings. The Kier molecular flexibility index (Phi) is 45.7. The van der Waals surface area contributed by atoms with E-state index in [1.165, 1.54) is 109 Å². The lowest BCUT2D eigenvalue weighted by Gasteiger charge is -2.23. The predicted molar refractivity (Wildman–Crippen MR) is 264 cm³/mol. The van der Waals surface area contributed by atoms with E-state index in [9.17, 15) is 19.8 Å². The number of ether oxygens (including phenoxy) is 1. The number of aliphatic hydroxyl groups excluding tert-OH is 2. The molecule has 1 amide bonds. The topological polar surface area (TPSA) is 95.9 Å². The molecule has 3 unspecified atom stereocenters. The van der Waals surface area contributed by atoms with Crippen molar-refractivity contribution in [2.45, 2.75) is 244 Å². The van der Waals surface area contributed by atoms with E-state index in [2.05, 4.69) is 99.0 Å². The van der Waals surface area contributed by atoms with Gasteiger partial charge in [0.1, 0.15) is 6.10 Å². The summed E-state index contributed by atoms with van der Waals surface area (Å²) in [6, 6.07) is -0.746. The van der Waals surface area contributed by atoms with Crippen molar-refractivity contribution in [2.75, 3.05) is 6.61 Å². The summed E-state index contributed by atoms with van der Waals surface area (Å²) >= 11 is 0. The van der Waals surface area contributed by atoms with Crippen LogP contribution in [0.5, 0.6) is 0 Å². The zero-order valence-electron chi connectivity index (χ0n) is 39.8. The van der Waals surface area contributed by atoms with Crippen LogP contribution in [0.3, 0.4) is 0 Å². The fourth-order valence-electron chi connectivity index (χ4n) is 7.13. The molecule has 0 aliphatic rings. The van der Waals surface area contributed by atoms with Crippen molar-refractivity contribution in [1.29, 1.82) is 0 Å². The Labute approximate surface area is 376 Å². The van der Waals surface area contributed by atoms with Gasteiger partial charge < -0.3 is 20.3 Å². The minimum atomic E-state index is -0.822. The highest BCUT2D eigenvalue weighted by Crippen LogP contribution is 2.15. The Morgan fingerprint density at radius 3 is 1.39 bits per heavy atom. The number of carbonyl (C=O) groups excluding carboxylic acids is 2. The molecule has 0 aromatic rings. The van der Waals surface area contributed by atoms with Crippen LogP contribution in [0.4, 0.5) is 0 Å². The molecule has 3 atom stereocenters. The van der Waals surface area contributed by atoms with Crippen molar-refractivity contribution in [3.63, 3.8) is 0 Å². The van der Waals surface area contributed by atoms with Crippen LogP contribution in [-0.2, 0) is 14.3 Å². The fourth-order valence-corrected chi connectivity index (χ4v) is 7.13. The number of amides is 1. The van der Waals surface area contributed by atoms with Crippen molar-refractivity contribution in [1.82, 2.24) is 5.32 Å². The molecule has 3 N–H and O–H groups in total. The maximum atomic E-state index is 13.1. The molecule has 0 spiro atoms. The summed E-state index contributed by atoms with van der Waals surface area (Å²) in [6.07, 6.45) is 62.4. The highest BCUT2D eigenvalue weighted by atomic mass is 16.5. The molecule has 0 bridgehead atoms. The number of unbranched alkanes of at least 4 members (excludes halogenated alkanes) is 20. The molecule has 61 heavy (non-hydrogen) atoms. The maximum absolute atomic E-state index is 13.1. The second-order valence-electron chi connectivity index (χ2n) is 16.8. The molecule has 0 aromatic carbocycles. The van der Waals surface area contributed by atoms with E-state index in [1.807, 2.05) is 6.08 Å². The quantitative estimate of drug-likeness (QED) is 0.0322. The number of rotatable bonds is 44. The number of hydrogen-bond acceptors (Lipinski definition) is 5. The van der Waals surface area contributed by atoms with Gasteiger partial charge in [-0.05, 0) is 83.1 Å². The first-order valence-electron chi connectivity index (χ1n) is 25.3. The monoisotopic (exact) mass is 850 g/mol. The van der Waals surface area contributed by atoms with Gasteiger partial charge in [-0.25, -0.2) is 0 Å². The minimum absolute atomic E-state index is 0.0522. The predicted octanol–water partition coefficient (Wildman–Crippen LogP) is 15.2. The van der Waals surface area contributed by atoms with Crippen LogP contribution >= 0.6 is 0 Å². The van der Waals surface area contributed by atoms with Crippen molar-refractivity contribution >= 4 is 11.9 Å². The highest BCUT2D eigenvalue weighted by molar-refractivity contribution is 5.78. The van der Waals surface area contributed by atoms with E-state index in [-0.39, 0.29) is 24.9 Å². The van der Waals surface area contributed by atoms with Crippen molar-refractivity contribution in [3.05, 3.63) is 85.1 Å². The van der Waals surface area contributed by atoms with Gasteiger partial charge in [-0.1, -0.05) is 215 Å². The average molecular weight is 850 g/mol. The van der Waals surface area contributed by atoms with Crippen LogP contribution in [-0.4, -0.2) is 46.9 Å². The number of nitrogens with one attached hydrogen (secondary N) is 1. The maximum Gasteiger partial charge on any atom is 0.306 e. The van der Waals surface area contributed by atoms with E-state index in [4.69, 9.17) is 4.74 Å². The molecule has 6 nitrogen and oxygen atoms in total. The summed E-state index contributed by atoms with van der Waals surface area (Å²) in [4.78, 5) is 26.0. The summed E-state index contributed by atoms with van der Waals surface area (Å²) in [6.45, 7) is 6.30. The molecule has 0 aliphatic carbocycles. The molecule has 0 saturated carbocycles. The molecule has 6 heteroatoms. The molecule has 0 aromatic heterocycles. The lowest BCUT2D eigenvalue weighted by molar-refractivity contribution is -0.148. The van der Waals surface area contributed by atoms with Gasteiger partial charge >= 0.3 is 5.97 Å². The van der Waals surface area contributed by atoms with Crippen molar-refractivity contribution < 1.29 is 24.5 Å². The van der Waals surface area contributed by atoms with Crippen LogP contribution in [0.2, 0.25) is 0 Å². The second kappa shape index (κ2) is 48.1. The standard InChI is InChI=1S/C55H95NO5/c1-4-7-10-13-16-19-22-24-26-27-29-30-32-34-37-40-43-46-51(61-55(60)48-45-42-39-36-33-31-28-25-23-20-17-14-11-8-5-2)49-54(59)56-52(50-57)53(58)47-44-41-38-35-21-18-15-12-9-6-3/h7,10,16,19-20,23-24,26,29-30,34,37,43,46,51-53,57-58H,4-6,8-9,11-15,17-18,21-22,25,27-28,31-33,35-36,38-42,44-45,47-50H2,1-3H3,(H,56,59)/b10-7-,19-16-,23-20-,26-24-,30-29-,37-34-,46-43-. The summed E-state index contributed by atoms with van der Waals surface area (Å²) in [7, 11) is 0. The van der Waals surface area contributed by atoms with E-state index in [1.54, 1.807) is 6.08 Å². The van der Waals surface area contributed by atoms with Gasteiger partial charge in [0.2, 0.25) is 5.91 Å². The second-order valence-corrected chi connectivity index (χ2v) is 16.8.